The van der Waals surface area contributed by atoms with Gasteiger partial charge in [-0.1, -0.05) is 17.9 Å². The zero-order valence-corrected chi connectivity index (χ0v) is 11.2. The van der Waals surface area contributed by atoms with Crippen molar-refractivity contribution in [3.05, 3.63) is 47.5 Å². The van der Waals surface area contributed by atoms with E-state index in [0.29, 0.717) is 16.9 Å². The molecule has 0 aliphatic heterocycles. The van der Waals surface area contributed by atoms with Crippen LogP contribution in [0, 0.1) is 17.7 Å². The van der Waals surface area contributed by atoms with Crippen LogP contribution in [0.1, 0.15) is 11.1 Å². The van der Waals surface area contributed by atoms with Gasteiger partial charge in [0.15, 0.2) is 0 Å². The molecular weight excluding hydrogens is 263 g/mol. The molecule has 2 rings (SSSR count). The minimum Gasteiger partial charge on any atom is -0.384 e. The Kier molecular flexibility index (Phi) is 4.61. The molecular formula is C14H13FN2OS. The molecule has 0 saturated carbocycles. The SMILES string of the molecule is Cn1cc(SCc2ccc(C#CCO)cc2F)cn1. The molecule has 1 aromatic carbocycles. The average molecular weight is 276 g/mol. The van der Waals surface area contributed by atoms with Crippen molar-refractivity contribution in [3.8, 4) is 11.8 Å². The van der Waals surface area contributed by atoms with Crippen molar-refractivity contribution in [3.63, 3.8) is 0 Å². The molecule has 1 heterocycles. The summed E-state index contributed by atoms with van der Waals surface area (Å²) in [7, 11) is 1.85. The van der Waals surface area contributed by atoms with Gasteiger partial charge >= 0.3 is 0 Å². The fraction of sp³-hybridized carbons (Fsp3) is 0.214. The summed E-state index contributed by atoms with van der Waals surface area (Å²) >= 11 is 1.53. The largest absolute Gasteiger partial charge is 0.384 e. The lowest BCUT2D eigenvalue weighted by Crippen LogP contribution is -1.89. The molecule has 0 saturated heterocycles. The molecule has 0 aliphatic carbocycles. The average Bonchev–Trinajstić information content (AvgIpc) is 2.81. The molecule has 0 amide bonds. The van der Waals surface area contributed by atoms with Crippen molar-refractivity contribution < 1.29 is 9.50 Å². The lowest BCUT2D eigenvalue weighted by Gasteiger charge is -2.02. The molecule has 2 aromatic rings. The van der Waals surface area contributed by atoms with Crippen LogP contribution in [0.15, 0.2) is 35.5 Å². The summed E-state index contributed by atoms with van der Waals surface area (Å²) in [6.45, 7) is -0.222. The van der Waals surface area contributed by atoms with E-state index in [0.717, 1.165) is 4.90 Å². The highest BCUT2D eigenvalue weighted by Crippen LogP contribution is 2.23. The van der Waals surface area contributed by atoms with Gasteiger partial charge < -0.3 is 5.11 Å². The number of nitrogens with zero attached hydrogens (tertiary/aromatic N) is 2. The first kappa shape index (κ1) is 13.7. The summed E-state index contributed by atoms with van der Waals surface area (Å²) in [5, 5.41) is 12.6. The minimum atomic E-state index is -0.277. The van der Waals surface area contributed by atoms with E-state index in [1.54, 1.807) is 23.0 Å². The molecule has 0 radical (unpaired) electrons. The topological polar surface area (TPSA) is 38.0 Å². The van der Waals surface area contributed by atoms with Crippen LogP contribution in [0.4, 0.5) is 4.39 Å². The number of aromatic nitrogens is 2. The number of halogens is 1. The Hall–Kier alpha value is -1.77. The van der Waals surface area contributed by atoms with Crippen LogP contribution in [-0.4, -0.2) is 21.5 Å². The first-order chi connectivity index (χ1) is 9.19. The Labute approximate surface area is 115 Å². The number of aliphatic hydroxyl groups excluding tert-OH is 1. The maximum absolute atomic E-state index is 13.8. The Morgan fingerprint density at radius 1 is 1.47 bits per heavy atom. The minimum absolute atomic E-state index is 0.222. The molecule has 19 heavy (non-hydrogen) atoms. The first-order valence-electron chi connectivity index (χ1n) is 5.68. The highest BCUT2D eigenvalue weighted by atomic mass is 32.2. The summed E-state index contributed by atoms with van der Waals surface area (Å²) in [5.41, 5.74) is 1.20. The second kappa shape index (κ2) is 6.41. The van der Waals surface area contributed by atoms with Gasteiger partial charge in [-0.25, -0.2) is 4.39 Å². The number of hydrogen-bond acceptors (Lipinski definition) is 3. The molecule has 5 heteroatoms. The van der Waals surface area contributed by atoms with Gasteiger partial charge in [0.1, 0.15) is 12.4 Å². The van der Waals surface area contributed by atoms with Crippen LogP contribution in [-0.2, 0) is 12.8 Å². The molecule has 0 spiro atoms. The van der Waals surface area contributed by atoms with Gasteiger partial charge in [-0.2, -0.15) is 5.10 Å². The normalized spacial score (nSPS) is 10.1. The van der Waals surface area contributed by atoms with E-state index < -0.39 is 0 Å². The summed E-state index contributed by atoms with van der Waals surface area (Å²) in [5.74, 6) is 5.44. The van der Waals surface area contributed by atoms with Crippen LogP contribution in [0.25, 0.3) is 0 Å². The van der Waals surface area contributed by atoms with E-state index >= 15 is 0 Å². The van der Waals surface area contributed by atoms with Crippen molar-refractivity contribution in [1.82, 2.24) is 9.78 Å². The third-order valence-corrected chi connectivity index (χ3v) is 3.44. The number of aryl methyl sites for hydroxylation is 1. The third kappa shape index (κ3) is 3.85. The number of rotatable bonds is 3. The molecule has 1 aromatic heterocycles. The molecule has 0 atom stereocenters. The van der Waals surface area contributed by atoms with Gasteiger partial charge in [0, 0.05) is 29.5 Å². The van der Waals surface area contributed by atoms with Gasteiger partial charge in [0.05, 0.1) is 6.20 Å². The first-order valence-corrected chi connectivity index (χ1v) is 6.67. The molecule has 98 valence electrons. The standard InChI is InChI=1S/C14H13FN2OS/c1-17-9-13(8-16-17)19-10-12-5-4-11(3-2-6-18)7-14(12)15/h4-5,7-9,18H,6,10H2,1H3. The van der Waals surface area contributed by atoms with E-state index in [1.165, 1.54) is 17.8 Å². The Morgan fingerprint density at radius 2 is 2.32 bits per heavy atom. The fourth-order valence-corrected chi connectivity index (χ4v) is 2.42. The van der Waals surface area contributed by atoms with Crippen molar-refractivity contribution in [2.24, 2.45) is 7.05 Å². The van der Waals surface area contributed by atoms with Gasteiger partial charge in [0.2, 0.25) is 0 Å². The second-order valence-corrected chi connectivity index (χ2v) is 4.95. The Balaban J connectivity index is 2.05. The quantitative estimate of drug-likeness (QED) is 0.690. The number of benzene rings is 1. The van der Waals surface area contributed by atoms with E-state index in [2.05, 4.69) is 16.9 Å². The van der Waals surface area contributed by atoms with E-state index in [9.17, 15) is 4.39 Å². The Morgan fingerprint density at radius 3 is 2.95 bits per heavy atom. The maximum Gasteiger partial charge on any atom is 0.128 e. The summed E-state index contributed by atoms with van der Waals surface area (Å²) < 4.78 is 15.5. The van der Waals surface area contributed by atoms with Crippen LogP contribution < -0.4 is 0 Å². The predicted molar refractivity (Wildman–Crippen MR) is 73.1 cm³/mol. The summed E-state index contributed by atoms with van der Waals surface area (Å²) in [4.78, 5) is 1.01. The van der Waals surface area contributed by atoms with Crippen LogP contribution in [0.3, 0.4) is 0 Å². The predicted octanol–water partition coefficient (Wildman–Crippen LogP) is 2.20. The van der Waals surface area contributed by atoms with Crippen LogP contribution in [0.2, 0.25) is 0 Å². The number of hydrogen-bond donors (Lipinski definition) is 1. The lowest BCUT2D eigenvalue weighted by atomic mass is 10.1. The highest BCUT2D eigenvalue weighted by molar-refractivity contribution is 7.98. The smallest absolute Gasteiger partial charge is 0.128 e. The van der Waals surface area contributed by atoms with Crippen LogP contribution in [0.5, 0.6) is 0 Å². The van der Waals surface area contributed by atoms with Gasteiger partial charge in [-0.05, 0) is 17.7 Å². The molecule has 0 aliphatic rings. The lowest BCUT2D eigenvalue weighted by molar-refractivity contribution is 0.350. The van der Waals surface area contributed by atoms with Crippen molar-refractivity contribution >= 4 is 11.8 Å². The van der Waals surface area contributed by atoms with Crippen molar-refractivity contribution in [1.29, 1.82) is 0 Å². The van der Waals surface area contributed by atoms with Crippen molar-refractivity contribution in [2.75, 3.05) is 6.61 Å². The van der Waals surface area contributed by atoms with E-state index in [1.807, 2.05) is 13.2 Å². The molecule has 0 bridgehead atoms. The fourth-order valence-electron chi connectivity index (χ4n) is 1.52. The monoisotopic (exact) mass is 276 g/mol. The molecule has 1 N–H and O–H groups in total. The number of thioether (sulfide) groups is 1. The highest BCUT2D eigenvalue weighted by Gasteiger charge is 2.04. The zero-order valence-electron chi connectivity index (χ0n) is 10.4. The summed E-state index contributed by atoms with van der Waals surface area (Å²) in [6, 6.07) is 4.87. The molecule has 0 fully saturated rings. The Bertz CT molecular complexity index is 628. The molecule has 0 unspecified atom stereocenters. The summed E-state index contributed by atoms with van der Waals surface area (Å²) in [6.07, 6.45) is 3.65. The second-order valence-electron chi connectivity index (χ2n) is 3.90. The van der Waals surface area contributed by atoms with Gasteiger partial charge in [-0.15, -0.1) is 11.8 Å². The van der Waals surface area contributed by atoms with E-state index in [-0.39, 0.29) is 12.4 Å². The third-order valence-electron chi connectivity index (χ3n) is 2.44. The van der Waals surface area contributed by atoms with Gasteiger partial charge in [0.25, 0.3) is 0 Å². The zero-order chi connectivity index (χ0) is 13.7. The van der Waals surface area contributed by atoms with Gasteiger partial charge in [-0.3, -0.25) is 4.68 Å². The van der Waals surface area contributed by atoms with E-state index in [4.69, 9.17) is 5.11 Å². The van der Waals surface area contributed by atoms with Crippen molar-refractivity contribution in [2.45, 2.75) is 10.6 Å². The molecule has 3 nitrogen and oxygen atoms in total. The van der Waals surface area contributed by atoms with Crippen LogP contribution >= 0.6 is 11.8 Å². The number of aliphatic hydroxyl groups is 1. The maximum atomic E-state index is 13.8.